The lowest BCUT2D eigenvalue weighted by molar-refractivity contribution is -0.109. The molecular weight excluding hydrogens is 415 g/mol. The van der Waals surface area contributed by atoms with E-state index in [1.165, 1.54) is 5.56 Å². The number of hydrogen-bond acceptors (Lipinski definition) is 3. The van der Waals surface area contributed by atoms with Crippen LogP contribution in [0.15, 0.2) is 42.6 Å². The fourth-order valence-electron chi connectivity index (χ4n) is 2.55. The minimum Gasteiger partial charge on any atom is -0.497 e. The Hall–Kier alpha value is -2.40. The van der Waals surface area contributed by atoms with E-state index in [-0.39, 0.29) is 0 Å². The zero-order valence-electron chi connectivity index (χ0n) is 19.5. The van der Waals surface area contributed by atoms with Crippen molar-refractivity contribution in [3.63, 3.8) is 0 Å². The molecule has 0 bridgehead atoms. The van der Waals surface area contributed by atoms with Gasteiger partial charge in [0.1, 0.15) is 11.9 Å². The Labute approximate surface area is 191 Å². The van der Waals surface area contributed by atoms with Crippen LogP contribution in [0.3, 0.4) is 0 Å². The molecule has 1 atom stereocenters. The van der Waals surface area contributed by atoms with Gasteiger partial charge >= 0.3 is 0 Å². The lowest BCUT2D eigenvalue weighted by atomic mass is 10.0. The van der Waals surface area contributed by atoms with Crippen molar-refractivity contribution in [2.45, 2.75) is 60.1 Å². The number of allylic oxidation sites excluding steroid dienone is 1. The van der Waals surface area contributed by atoms with Gasteiger partial charge in [-0.05, 0) is 63.8 Å². The van der Waals surface area contributed by atoms with Crippen LogP contribution in [0.2, 0.25) is 0 Å². The molecule has 4 nitrogen and oxygen atoms in total. The van der Waals surface area contributed by atoms with Crippen molar-refractivity contribution in [2.24, 2.45) is 0 Å². The molecule has 1 N–H and O–H groups in total. The summed E-state index contributed by atoms with van der Waals surface area (Å²) >= 11 is 6.12. The number of aryl methyl sites for hydroxylation is 3. The number of carbonyl (C=O) groups is 1. The Morgan fingerprint density at radius 2 is 1.87 bits per heavy atom. The van der Waals surface area contributed by atoms with Gasteiger partial charge in [-0.25, -0.2) is 4.39 Å². The average Bonchev–Trinajstić information content (AvgIpc) is 2.80. The number of halogens is 2. The van der Waals surface area contributed by atoms with Crippen molar-refractivity contribution < 1.29 is 13.9 Å². The number of benzene rings is 1. The first kappa shape index (κ1) is 28.6. The normalized spacial score (nSPS) is 11.3. The molecule has 1 heterocycles. The van der Waals surface area contributed by atoms with Gasteiger partial charge in [-0.3, -0.25) is 9.78 Å². The summed E-state index contributed by atoms with van der Waals surface area (Å²) in [4.78, 5) is 14.4. The Bertz CT molecular complexity index is 780. The summed E-state index contributed by atoms with van der Waals surface area (Å²) in [5, 5.41) is 3.11. The first-order chi connectivity index (χ1) is 14.9. The van der Waals surface area contributed by atoms with E-state index in [4.69, 9.17) is 16.3 Å². The molecule has 0 radical (unpaired) electrons. The monoisotopic (exact) mass is 450 g/mol. The number of pyridine rings is 1. The molecule has 0 fully saturated rings. The molecule has 2 rings (SSSR count). The van der Waals surface area contributed by atoms with Crippen molar-refractivity contribution in [3.05, 3.63) is 65.0 Å². The van der Waals surface area contributed by atoms with Crippen molar-refractivity contribution in [1.82, 2.24) is 10.3 Å². The van der Waals surface area contributed by atoms with E-state index >= 15 is 0 Å². The quantitative estimate of drug-likeness (QED) is 0.354. The van der Waals surface area contributed by atoms with Gasteiger partial charge in [-0.2, -0.15) is 0 Å². The van der Waals surface area contributed by atoms with E-state index in [1.807, 2.05) is 64.1 Å². The SMILES string of the molecule is C/C=C(/Cl)c1cc(CCC(F)CCNC=O)cnc1C.CC.COc1ccc(C)cc1. The molecule has 31 heavy (non-hydrogen) atoms. The van der Waals surface area contributed by atoms with Gasteiger partial charge in [0, 0.05) is 29.0 Å². The summed E-state index contributed by atoms with van der Waals surface area (Å²) in [5.41, 5.74) is 3.99. The number of nitrogens with zero attached hydrogens (tertiary/aromatic N) is 1. The van der Waals surface area contributed by atoms with Crippen molar-refractivity contribution in [3.8, 4) is 5.75 Å². The van der Waals surface area contributed by atoms with E-state index in [0.29, 0.717) is 37.2 Å². The lowest BCUT2D eigenvalue weighted by Crippen LogP contribution is -2.17. The van der Waals surface area contributed by atoms with E-state index in [9.17, 15) is 9.18 Å². The van der Waals surface area contributed by atoms with Gasteiger partial charge < -0.3 is 10.1 Å². The highest BCUT2D eigenvalue weighted by Crippen LogP contribution is 2.23. The molecule has 1 aromatic heterocycles. The fourth-order valence-corrected chi connectivity index (χ4v) is 2.74. The van der Waals surface area contributed by atoms with Gasteiger partial charge in [0.25, 0.3) is 0 Å². The van der Waals surface area contributed by atoms with E-state index < -0.39 is 6.17 Å². The number of hydrogen-bond donors (Lipinski definition) is 1. The molecule has 0 spiro atoms. The minimum atomic E-state index is -0.926. The molecule has 0 saturated carbocycles. The third kappa shape index (κ3) is 12.1. The van der Waals surface area contributed by atoms with Crippen LogP contribution in [-0.2, 0) is 11.2 Å². The number of ether oxygens (including phenoxy) is 1. The molecule has 1 unspecified atom stereocenters. The molecule has 6 heteroatoms. The summed E-state index contributed by atoms with van der Waals surface area (Å²) in [6.45, 7) is 10.2. The van der Waals surface area contributed by atoms with Crippen LogP contribution >= 0.6 is 11.6 Å². The Kier molecular flexibility index (Phi) is 16.0. The van der Waals surface area contributed by atoms with Gasteiger partial charge in [0.2, 0.25) is 6.41 Å². The number of rotatable bonds is 9. The smallest absolute Gasteiger partial charge is 0.207 e. The van der Waals surface area contributed by atoms with Crippen LogP contribution in [-0.4, -0.2) is 31.2 Å². The summed E-state index contributed by atoms with van der Waals surface area (Å²) in [6, 6.07) is 9.92. The van der Waals surface area contributed by atoms with Crippen LogP contribution in [0.5, 0.6) is 5.75 Å². The topological polar surface area (TPSA) is 51.2 Å². The van der Waals surface area contributed by atoms with Crippen molar-refractivity contribution in [2.75, 3.05) is 13.7 Å². The standard InChI is InChI=1S/C15H20ClFN2O.C8H10O.C2H6/c1-3-15(16)14-8-12(9-19-11(14)2)4-5-13(17)6-7-18-10-20;1-7-3-5-8(9-2)6-4-7;1-2/h3,8-10,13H,4-7H2,1-2H3,(H,18,20);3-6H,1-2H3;1-2H3/b15-3+;;. The maximum atomic E-state index is 13.6. The third-order valence-corrected chi connectivity index (χ3v) is 4.76. The van der Waals surface area contributed by atoms with Crippen LogP contribution < -0.4 is 10.1 Å². The number of carbonyl (C=O) groups excluding carboxylic acids is 1. The van der Waals surface area contributed by atoms with E-state index in [2.05, 4.69) is 17.2 Å². The summed E-state index contributed by atoms with van der Waals surface area (Å²) in [7, 11) is 1.67. The largest absolute Gasteiger partial charge is 0.497 e. The highest BCUT2D eigenvalue weighted by Gasteiger charge is 2.09. The molecule has 1 aromatic carbocycles. The fraction of sp³-hybridized carbons (Fsp3) is 0.440. The Morgan fingerprint density at radius 3 is 2.42 bits per heavy atom. The highest BCUT2D eigenvalue weighted by atomic mass is 35.5. The Morgan fingerprint density at radius 1 is 1.23 bits per heavy atom. The van der Waals surface area contributed by atoms with E-state index in [0.717, 1.165) is 22.6 Å². The first-order valence-corrected chi connectivity index (χ1v) is 11.0. The summed E-state index contributed by atoms with van der Waals surface area (Å²) in [5.74, 6) is 0.917. The maximum Gasteiger partial charge on any atom is 0.207 e. The second kappa shape index (κ2) is 17.3. The van der Waals surface area contributed by atoms with Crippen LogP contribution in [0, 0.1) is 13.8 Å². The zero-order chi connectivity index (χ0) is 23.6. The van der Waals surface area contributed by atoms with Crippen molar-refractivity contribution >= 4 is 23.0 Å². The van der Waals surface area contributed by atoms with Crippen LogP contribution in [0.1, 0.15) is 56.0 Å². The number of methoxy groups -OCH3 is 1. The molecule has 1 amide bonds. The Balaban J connectivity index is 0.000000679. The molecule has 2 aromatic rings. The maximum absolute atomic E-state index is 13.6. The number of amides is 1. The van der Waals surface area contributed by atoms with Gasteiger partial charge in [-0.1, -0.05) is 49.2 Å². The van der Waals surface area contributed by atoms with Gasteiger partial charge in [0.05, 0.1) is 7.11 Å². The second-order valence-corrected chi connectivity index (χ2v) is 7.03. The summed E-state index contributed by atoms with van der Waals surface area (Å²) < 4.78 is 18.6. The highest BCUT2D eigenvalue weighted by molar-refractivity contribution is 6.48. The zero-order valence-corrected chi connectivity index (χ0v) is 20.3. The molecule has 0 aliphatic carbocycles. The number of aromatic nitrogens is 1. The minimum absolute atomic E-state index is 0.334. The van der Waals surface area contributed by atoms with Crippen LogP contribution in [0.4, 0.5) is 4.39 Å². The molecule has 0 saturated heterocycles. The number of alkyl halides is 1. The summed E-state index contributed by atoms with van der Waals surface area (Å²) in [6.07, 6.45) is 4.59. The number of nitrogens with one attached hydrogen (secondary N) is 1. The molecule has 172 valence electrons. The average molecular weight is 451 g/mol. The van der Waals surface area contributed by atoms with E-state index in [1.54, 1.807) is 13.3 Å². The molecular formula is C25H36ClFN2O2. The first-order valence-electron chi connectivity index (χ1n) is 10.6. The van der Waals surface area contributed by atoms with Gasteiger partial charge in [0.15, 0.2) is 0 Å². The predicted molar refractivity (Wildman–Crippen MR) is 129 cm³/mol. The second-order valence-electron chi connectivity index (χ2n) is 6.63. The van der Waals surface area contributed by atoms with Crippen molar-refractivity contribution in [1.29, 1.82) is 0 Å². The predicted octanol–water partition coefficient (Wildman–Crippen LogP) is 6.43. The van der Waals surface area contributed by atoms with Gasteiger partial charge in [-0.15, -0.1) is 0 Å². The molecule has 0 aliphatic heterocycles. The van der Waals surface area contributed by atoms with Crippen LogP contribution in [0.25, 0.3) is 5.03 Å². The third-order valence-electron chi connectivity index (χ3n) is 4.34. The molecule has 0 aliphatic rings. The lowest BCUT2D eigenvalue weighted by Gasteiger charge is -2.10.